The van der Waals surface area contributed by atoms with Crippen molar-refractivity contribution >= 4 is 18.1 Å². The van der Waals surface area contributed by atoms with E-state index in [-0.39, 0.29) is 5.97 Å². The maximum atomic E-state index is 12.2. The molecule has 0 bridgehead atoms. The van der Waals surface area contributed by atoms with Gasteiger partial charge in [0.25, 0.3) is 0 Å². The van der Waals surface area contributed by atoms with Crippen LogP contribution in [0.1, 0.15) is 42.4 Å². The molecular weight excluding hydrogens is 280 g/mol. The van der Waals surface area contributed by atoms with E-state index < -0.39 is 5.60 Å². The van der Waals surface area contributed by atoms with Crippen LogP contribution in [0, 0.1) is 6.92 Å². The van der Waals surface area contributed by atoms with Gasteiger partial charge in [0.2, 0.25) is 5.95 Å². The highest BCUT2D eigenvalue weighted by atomic mass is 16.6. The summed E-state index contributed by atoms with van der Waals surface area (Å²) in [5.41, 5.74) is 7.07. The third-order valence-corrected chi connectivity index (χ3v) is 2.74. The van der Waals surface area contributed by atoms with Gasteiger partial charge in [-0.25, -0.2) is 14.5 Å². The molecule has 0 aliphatic carbocycles. The van der Waals surface area contributed by atoms with Gasteiger partial charge in [-0.2, -0.15) is 5.10 Å². The van der Waals surface area contributed by atoms with Crippen molar-refractivity contribution in [1.82, 2.24) is 9.66 Å². The number of imidazole rings is 1. The SMILES string of the molecule is Cc1cn(N=Cc2ccccc2C(=O)OC(C)(C)C)c(N)n1. The lowest BCUT2D eigenvalue weighted by molar-refractivity contribution is 0.00694. The predicted octanol–water partition coefficient (Wildman–Crippen LogP) is 2.61. The lowest BCUT2D eigenvalue weighted by atomic mass is 10.1. The van der Waals surface area contributed by atoms with Crippen LogP contribution in [-0.4, -0.2) is 27.4 Å². The zero-order chi connectivity index (χ0) is 16.3. The van der Waals surface area contributed by atoms with Crippen molar-refractivity contribution in [2.45, 2.75) is 33.3 Å². The van der Waals surface area contributed by atoms with Crippen LogP contribution in [0.4, 0.5) is 5.95 Å². The Hall–Kier alpha value is -2.63. The second kappa shape index (κ2) is 6.01. The number of carbonyl (C=O) groups is 1. The fraction of sp³-hybridized carbons (Fsp3) is 0.312. The van der Waals surface area contributed by atoms with Crippen molar-refractivity contribution in [1.29, 1.82) is 0 Å². The van der Waals surface area contributed by atoms with Crippen LogP contribution in [0.15, 0.2) is 35.6 Å². The molecule has 2 aromatic rings. The second-order valence-corrected chi connectivity index (χ2v) is 5.92. The Morgan fingerprint density at radius 3 is 2.64 bits per heavy atom. The van der Waals surface area contributed by atoms with Gasteiger partial charge in [-0.1, -0.05) is 18.2 Å². The normalized spacial score (nSPS) is 11.8. The summed E-state index contributed by atoms with van der Waals surface area (Å²) < 4.78 is 6.86. The number of aryl methyl sites for hydroxylation is 1. The quantitative estimate of drug-likeness (QED) is 0.697. The topological polar surface area (TPSA) is 82.5 Å². The predicted molar refractivity (Wildman–Crippen MR) is 86.0 cm³/mol. The number of benzene rings is 1. The van der Waals surface area contributed by atoms with Crippen molar-refractivity contribution in [2.24, 2.45) is 5.10 Å². The zero-order valence-electron chi connectivity index (χ0n) is 13.2. The first-order valence-corrected chi connectivity index (χ1v) is 6.94. The smallest absolute Gasteiger partial charge is 0.339 e. The number of hydrogen-bond donors (Lipinski definition) is 1. The molecule has 1 heterocycles. The van der Waals surface area contributed by atoms with Gasteiger partial charge in [0.15, 0.2) is 0 Å². The summed E-state index contributed by atoms with van der Waals surface area (Å²) in [6, 6.07) is 7.12. The fourth-order valence-electron chi connectivity index (χ4n) is 1.85. The Morgan fingerprint density at radius 1 is 1.36 bits per heavy atom. The number of ether oxygens (including phenoxy) is 1. The van der Waals surface area contributed by atoms with E-state index in [9.17, 15) is 4.79 Å². The molecule has 116 valence electrons. The van der Waals surface area contributed by atoms with Crippen LogP contribution in [0.2, 0.25) is 0 Å². The molecule has 6 heteroatoms. The molecule has 0 saturated heterocycles. The summed E-state index contributed by atoms with van der Waals surface area (Å²) in [5, 5.41) is 4.23. The van der Waals surface area contributed by atoms with Crippen molar-refractivity contribution in [3.63, 3.8) is 0 Å². The van der Waals surface area contributed by atoms with E-state index in [4.69, 9.17) is 10.5 Å². The molecule has 0 spiro atoms. The lowest BCUT2D eigenvalue weighted by Gasteiger charge is -2.20. The molecule has 0 radical (unpaired) electrons. The standard InChI is InChI=1S/C16H20N4O2/c1-11-10-20(15(17)19-11)18-9-12-7-5-6-8-13(12)14(21)22-16(2,3)4/h5-10H,1-4H3,(H2,17,19). The van der Waals surface area contributed by atoms with E-state index in [2.05, 4.69) is 10.1 Å². The van der Waals surface area contributed by atoms with Crippen LogP contribution < -0.4 is 5.73 Å². The van der Waals surface area contributed by atoms with Crippen molar-refractivity contribution in [3.8, 4) is 0 Å². The fourth-order valence-corrected chi connectivity index (χ4v) is 1.85. The van der Waals surface area contributed by atoms with Gasteiger partial charge in [-0.05, 0) is 33.8 Å². The first-order chi connectivity index (χ1) is 10.3. The number of nitrogen functional groups attached to an aromatic ring is 1. The number of esters is 1. The van der Waals surface area contributed by atoms with Crippen molar-refractivity contribution in [3.05, 3.63) is 47.3 Å². The van der Waals surface area contributed by atoms with E-state index in [0.29, 0.717) is 17.1 Å². The lowest BCUT2D eigenvalue weighted by Crippen LogP contribution is -2.24. The molecule has 2 rings (SSSR count). The highest BCUT2D eigenvalue weighted by Gasteiger charge is 2.19. The second-order valence-electron chi connectivity index (χ2n) is 5.92. The van der Waals surface area contributed by atoms with Gasteiger partial charge >= 0.3 is 5.97 Å². The molecule has 0 amide bonds. The van der Waals surface area contributed by atoms with Gasteiger partial charge < -0.3 is 10.5 Å². The number of aromatic nitrogens is 2. The van der Waals surface area contributed by atoms with Gasteiger partial charge in [-0.3, -0.25) is 0 Å². The van der Waals surface area contributed by atoms with Crippen LogP contribution >= 0.6 is 0 Å². The number of rotatable bonds is 3. The van der Waals surface area contributed by atoms with E-state index in [1.165, 1.54) is 4.68 Å². The molecule has 0 saturated carbocycles. The molecular formula is C16H20N4O2. The number of hydrogen-bond acceptors (Lipinski definition) is 5. The Balaban J connectivity index is 2.29. The molecule has 0 aliphatic heterocycles. The van der Waals surface area contributed by atoms with Gasteiger partial charge in [0.1, 0.15) is 5.60 Å². The molecule has 22 heavy (non-hydrogen) atoms. The third kappa shape index (κ3) is 3.94. The Bertz CT molecular complexity index is 711. The minimum absolute atomic E-state index is 0.295. The molecule has 0 atom stereocenters. The van der Waals surface area contributed by atoms with E-state index in [1.54, 1.807) is 30.6 Å². The van der Waals surface area contributed by atoms with Crippen molar-refractivity contribution in [2.75, 3.05) is 5.73 Å². The molecule has 0 fully saturated rings. The Kier molecular flexibility index (Phi) is 4.30. The zero-order valence-corrected chi connectivity index (χ0v) is 13.2. The van der Waals surface area contributed by atoms with Crippen LogP contribution in [0.25, 0.3) is 0 Å². The number of nitrogens with two attached hydrogens (primary N) is 1. The molecule has 0 unspecified atom stereocenters. The largest absolute Gasteiger partial charge is 0.456 e. The van der Waals surface area contributed by atoms with Crippen LogP contribution in [0.3, 0.4) is 0 Å². The summed E-state index contributed by atoms with van der Waals surface area (Å²) in [6.07, 6.45) is 3.28. The highest BCUT2D eigenvalue weighted by molar-refractivity contribution is 5.99. The summed E-state index contributed by atoms with van der Waals surface area (Å²) in [6.45, 7) is 7.32. The van der Waals surface area contributed by atoms with Crippen LogP contribution in [0.5, 0.6) is 0 Å². The minimum atomic E-state index is -0.548. The first-order valence-electron chi connectivity index (χ1n) is 6.94. The van der Waals surface area contributed by atoms with E-state index in [1.807, 2.05) is 33.8 Å². The Labute approximate surface area is 129 Å². The highest BCUT2D eigenvalue weighted by Crippen LogP contribution is 2.15. The molecule has 0 aliphatic rings. The average Bonchev–Trinajstić information content (AvgIpc) is 2.73. The summed E-state index contributed by atoms with van der Waals surface area (Å²) >= 11 is 0. The minimum Gasteiger partial charge on any atom is -0.456 e. The Morgan fingerprint density at radius 2 is 2.05 bits per heavy atom. The molecule has 1 aromatic carbocycles. The van der Waals surface area contributed by atoms with Crippen LogP contribution in [-0.2, 0) is 4.74 Å². The first kappa shape index (κ1) is 15.8. The van der Waals surface area contributed by atoms with Crippen molar-refractivity contribution < 1.29 is 9.53 Å². The molecule has 2 N–H and O–H groups in total. The number of carbonyl (C=O) groups excluding carboxylic acids is 1. The monoisotopic (exact) mass is 300 g/mol. The molecule has 1 aromatic heterocycles. The average molecular weight is 300 g/mol. The molecule has 6 nitrogen and oxygen atoms in total. The van der Waals surface area contributed by atoms with Gasteiger partial charge in [0.05, 0.1) is 23.7 Å². The number of anilines is 1. The van der Waals surface area contributed by atoms with E-state index >= 15 is 0 Å². The maximum Gasteiger partial charge on any atom is 0.339 e. The number of nitrogens with zero attached hydrogens (tertiary/aromatic N) is 3. The van der Waals surface area contributed by atoms with Gasteiger partial charge in [-0.15, -0.1) is 0 Å². The van der Waals surface area contributed by atoms with Gasteiger partial charge in [0, 0.05) is 5.56 Å². The summed E-state index contributed by atoms with van der Waals surface area (Å²) in [4.78, 5) is 16.3. The summed E-state index contributed by atoms with van der Waals surface area (Å²) in [5.74, 6) is -0.0900. The maximum absolute atomic E-state index is 12.2. The summed E-state index contributed by atoms with van der Waals surface area (Å²) in [7, 11) is 0. The third-order valence-electron chi connectivity index (χ3n) is 2.74. The van der Waals surface area contributed by atoms with E-state index in [0.717, 1.165) is 5.69 Å².